The van der Waals surface area contributed by atoms with E-state index in [1.165, 1.54) is 17.4 Å². The molecule has 0 spiro atoms. The number of hydrogen-bond donors (Lipinski definition) is 0. The van der Waals surface area contributed by atoms with Gasteiger partial charge in [0.25, 0.3) is 0 Å². The van der Waals surface area contributed by atoms with Gasteiger partial charge in [-0.1, -0.05) is 15.9 Å². The summed E-state index contributed by atoms with van der Waals surface area (Å²) in [7, 11) is 0. The summed E-state index contributed by atoms with van der Waals surface area (Å²) >= 11 is 4.73. The van der Waals surface area contributed by atoms with Crippen LogP contribution >= 0.6 is 27.3 Å². The van der Waals surface area contributed by atoms with Gasteiger partial charge in [0.1, 0.15) is 5.52 Å². The van der Waals surface area contributed by atoms with Crippen molar-refractivity contribution in [2.45, 2.75) is 6.92 Å². The maximum atomic E-state index is 13.2. The van der Waals surface area contributed by atoms with Crippen molar-refractivity contribution in [3.63, 3.8) is 0 Å². The summed E-state index contributed by atoms with van der Waals surface area (Å²) in [4.78, 5) is 4.08. The van der Waals surface area contributed by atoms with Crippen LogP contribution in [0.1, 0.15) is 5.01 Å². The Bertz CT molecular complexity index is 438. The van der Waals surface area contributed by atoms with E-state index in [2.05, 4.69) is 20.9 Å². The molecule has 1 aromatic heterocycles. The Kier molecular flexibility index (Phi) is 1.88. The lowest BCUT2D eigenvalue weighted by atomic mass is 10.3. The second-order valence-electron chi connectivity index (χ2n) is 2.47. The van der Waals surface area contributed by atoms with E-state index < -0.39 is 0 Å². The van der Waals surface area contributed by atoms with Gasteiger partial charge in [0.15, 0.2) is 5.82 Å². The van der Waals surface area contributed by atoms with Crippen LogP contribution in [0.3, 0.4) is 0 Å². The molecule has 0 unspecified atom stereocenters. The highest BCUT2D eigenvalue weighted by molar-refractivity contribution is 9.10. The second-order valence-corrected chi connectivity index (χ2v) is 4.62. The third-order valence-electron chi connectivity index (χ3n) is 1.52. The van der Waals surface area contributed by atoms with E-state index in [9.17, 15) is 4.39 Å². The molecule has 0 atom stereocenters. The van der Waals surface area contributed by atoms with Crippen molar-refractivity contribution >= 4 is 37.5 Å². The molecule has 4 heteroatoms. The molecule has 0 amide bonds. The normalized spacial score (nSPS) is 10.9. The molecule has 0 saturated heterocycles. The van der Waals surface area contributed by atoms with Crippen LogP contribution in [0.5, 0.6) is 0 Å². The van der Waals surface area contributed by atoms with Gasteiger partial charge in [0.05, 0.1) is 9.71 Å². The molecule has 1 nitrogen and oxygen atoms in total. The fraction of sp³-hybridized carbons (Fsp3) is 0.125. The molecule has 0 radical (unpaired) electrons. The van der Waals surface area contributed by atoms with Gasteiger partial charge < -0.3 is 0 Å². The summed E-state index contributed by atoms with van der Waals surface area (Å²) in [6.45, 7) is 1.87. The van der Waals surface area contributed by atoms with Gasteiger partial charge in [0.2, 0.25) is 0 Å². The second kappa shape index (κ2) is 2.78. The number of aromatic nitrogens is 1. The van der Waals surface area contributed by atoms with E-state index in [-0.39, 0.29) is 5.82 Å². The lowest BCUT2D eigenvalue weighted by molar-refractivity contribution is 0.636. The lowest BCUT2D eigenvalue weighted by Gasteiger charge is -1.91. The molecule has 0 bridgehead atoms. The van der Waals surface area contributed by atoms with Gasteiger partial charge in [0, 0.05) is 4.47 Å². The summed E-state index contributed by atoms with van der Waals surface area (Å²) in [6.07, 6.45) is 0. The zero-order valence-corrected chi connectivity index (χ0v) is 8.67. The average Bonchev–Trinajstić information content (AvgIpc) is 2.29. The van der Waals surface area contributed by atoms with Gasteiger partial charge >= 0.3 is 0 Å². The molecule has 2 aromatic rings. The van der Waals surface area contributed by atoms with E-state index in [0.29, 0.717) is 5.52 Å². The van der Waals surface area contributed by atoms with Gasteiger partial charge in [-0.2, -0.15) is 0 Å². The van der Waals surface area contributed by atoms with Crippen LogP contribution in [0.15, 0.2) is 16.6 Å². The van der Waals surface area contributed by atoms with Crippen molar-refractivity contribution in [3.8, 4) is 0 Å². The fourth-order valence-electron chi connectivity index (χ4n) is 1.07. The summed E-state index contributed by atoms with van der Waals surface area (Å²) in [6, 6.07) is 3.31. The van der Waals surface area contributed by atoms with Crippen LogP contribution in [-0.4, -0.2) is 4.98 Å². The standard InChI is InChI=1S/C8H5BrFNS/c1-4-11-8-6(10)2-5(9)3-7(8)12-4/h2-3H,1H3. The zero-order valence-electron chi connectivity index (χ0n) is 6.27. The van der Waals surface area contributed by atoms with Crippen LogP contribution in [0.25, 0.3) is 10.2 Å². The predicted molar refractivity (Wildman–Crippen MR) is 52.0 cm³/mol. The first-order valence-electron chi connectivity index (χ1n) is 3.39. The molecule has 1 aromatic carbocycles. The molecule has 0 saturated carbocycles. The van der Waals surface area contributed by atoms with Gasteiger partial charge in [-0.15, -0.1) is 11.3 Å². The first-order valence-corrected chi connectivity index (χ1v) is 5.00. The molecule has 0 fully saturated rings. The first-order chi connectivity index (χ1) is 5.66. The molecule has 0 aliphatic carbocycles. The minimum Gasteiger partial charge on any atom is -0.238 e. The molecule has 0 aliphatic heterocycles. The van der Waals surface area contributed by atoms with Crippen molar-refractivity contribution in [1.82, 2.24) is 4.98 Å². The Morgan fingerprint density at radius 3 is 3.00 bits per heavy atom. The van der Waals surface area contributed by atoms with Gasteiger partial charge in [-0.25, -0.2) is 9.37 Å². The van der Waals surface area contributed by atoms with Crippen LogP contribution in [0, 0.1) is 12.7 Å². The Morgan fingerprint density at radius 1 is 1.50 bits per heavy atom. The Balaban J connectivity index is 2.88. The number of benzene rings is 1. The Hall–Kier alpha value is -0.480. The number of aryl methyl sites for hydroxylation is 1. The number of hydrogen-bond acceptors (Lipinski definition) is 2. The summed E-state index contributed by atoms with van der Waals surface area (Å²) in [5.74, 6) is -0.260. The van der Waals surface area contributed by atoms with E-state index in [0.717, 1.165) is 14.2 Å². The van der Waals surface area contributed by atoms with E-state index in [1.54, 1.807) is 0 Å². The average molecular weight is 246 g/mol. The lowest BCUT2D eigenvalue weighted by Crippen LogP contribution is -1.77. The number of thiazole rings is 1. The molecule has 2 rings (SSSR count). The number of fused-ring (bicyclic) bond motifs is 1. The maximum Gasteiger partial charge on any atom is 0.151 e. The quantitative estimate of drug-likeness (QED) is 0.693. The molecular formula is C8H5BrFNS. The van der Waals surface area contributed by atoms with Crippen LogP contribution in [-0.2, 0) is 0 Å². The van der Waals surface area contributed by atoms with Crippen LogP contribution in [0.2, 0.25) is 0 Å². The smallest absolute Gasteiger partial charge is 0.151 e. The summed E-state index contributed by atoms with van der Waals surface area (Å²) in [5.41, 5.74) is 0.473. The van der Waals surface area contributed by atoms with Crippen LogP contribution < -0.4 is 0 Å². The fourth-order valence-corrected chi connectivity index (χ4v) is 2.53. The SMILES string of the molecule is Cc1nc2c(F)cc(Br)cc2s1. The zero-order chi connectivity index (χ0) is 8.72. The predicted octanol–water partition coefficient (Wildman–Crippen LogP) is 3.51. The third kappa shape index (κ3) is 1.25. The molecule has 0 N–H and O–H groups in total. The highest BCUT2D eigenvalue weighted by Gasteiger charge is 2.06. The third-order valence-corrected chi connectivity index (χ3v) is 2.90. The van der Waals surface area contributed by atoms with E-state index >= 15 is 0 Å². The molecule has 1 heterocycles. The largest absolute Gasteiger partial charge is 0.238 e. The van der Waals surface area contributed by atoms with Gasteiger partial charge in [-0.05, 0) is 19.1 Å². The van der Waals surface area contributed by atoms with E-state index in [4.69, 9.17) is 0 Å². The monoisotopic (exact) mass is 245 g/mol. The van der Waals surface area contributed by atoms with Gasteiger partial charge in [-0.3, -0.25) is 0 Å². The first kappa shape index (κ1) is 8.13. The molecule has 12 heavy (non-hydrogen) atoms. The van der Waals surface area contributed by atoms with Crippen molar-refractivity contribution < 1.29 is 4.39 Å². The van der Waals surface area contributed by atoms with Crippen molar-refractivity contribution in [1.29, 1.82) is 0 Å². The van der Waals surface area contributed by atoms with E-state index in [1.807, 2.05) is 13.0 Å². The number of nitrogens with zero attached hydrogens (tertiary/aromatic N) is 1. The molecule has 0 aliphatic rings. The Labute approximate surface area is 81.4 Å². The Morgan fingerprint density at radius 2 is 2.25 bits per heavy atom. The minimum absolute atomic E-state index is 0.260. The van der Waals surface area contributed by atoms with Crippen molar-refractivity contribution in [2.24, 2.45) is 0 Å². The number of rotatable bonds is 0. The molecular weight excluding hydrogens is 241 g/mol. The minimum atomic E-state index is -0.260. The summed E-state index contributed by atoms with van der Waals surface area (Å²) < 4.78 is 14.8. The summed E-state index contributed by atoms with van der Waals surface area (Å²) in [5, 5.41) is 0.891. The maximum absolute atomic E-state index is 13.2. The van der Waals surface area contributed by atoms with Crippen molar-refractivity contribution in [3.05, 3.63) is 27.4 Å². The highest BCUT2D eigenvalue weighted by atomic mass is 79.9. The van der Waals surface area contributed by atoms with Crippen molar-refractivity contribution in [2.75, 3.05) is 0 Å². The number of halogens is 2. The topological polar surface area (TPSA) is 12.9 Å². The molecule has 62 valence electrons. The van der Waals surface area contributed by atoms with Crippen LogP contribution in [0.4, 0.5) is 4.39 Å². The highest BCUT2D eigenvalue weighted by Crippen LogP contribution is 2.27.